The van der Waals surface area contributed by atoms with Gasteiger partial charge in [0.2, 0.25) is 11.8 Å². The zero-order valence-corrected chi connectivity index (χ0v) is 10.7. The lowest BCUT2D eigenvalue weighted by Crippen LogP contribution is -2.44. The van der Waals surface area contributed by atoms with Crippen molar-refractivity contribution in [1.29, 1.82) is 0 Å². The number of aliphatic hydroxyl groups is 1. The summed E-state index contributed by atoms with van der Waals surface area (Å²) < 4.78 is 13.5. The molecule has 1 heterocycles. The van der Waals surface area contributed by atoms with E-state index in [9.17, 15) is 19.1 Å². The SMILES string of the molecule is CC1CC(=O)N(CC(O)c2ccccc2F)C(=O)C1. The number of carbonyl (C=O) groups excluding carboxylic acids is 2. The van der Waals surface area contributed by atoms with E-state index < -0.39 is 11.9 Å². The first kappa shape index (κ1) is 13.7. The van der Waals surface area contributed by atoms with Crippen molar-refractivity contribution in [2.24, 2.45) is 5.92 Å². The molecule has 5 heteroatoms. The Hall–Kier alpha value is -1.75. The molecule has 1 saturated heterocycles. The maximum atomic E-state index is 13.5. The third kappa shape index (κ3) is 2.98. The number of nitrogens with zero attached hydrogens (tertiary/aromatic N) is 1. The fourth-order valence-electron chi connectivity index (χ4n) is 2.25. The molecule has 1 fully saturated rings. The highest BCUT2D eigenvalue weighted by atomic mass is 19.1. The van der Waals surface area contributed by atoms with Crippen LogP contribution in [-0.2, 0) is 9.59 Å². The Balaban J connectivity index is 2.11. The highest BCUT2D eigenvalue weighted by Crippen LogP contribution is 2.23. The van der Waals surface area contributed by atoms with Crippen LogP contribution >= 0.6 is 0 Å². The Kier molecular flexibility index (Phi) is 3.95. The van der Waals surface area contributed by atoms with Crippen molar-refractivity contribution in [3.8, 4) is 0 Å². The van der Waals surface area contributed by atoms with Crippen LogP contribution in [0, 0.1) is 11.7 Å². The van der Waals surface area contributed by atoms with Crippen molar-refractivity contribution < 1.29 is 19.1 Å². The minimum Gasteiger partial charge on any atom is -0.386 e. The molecule has 2 rings (SSSR count). The number of hydrogen-bond donors (Lipinski definition) is 1. The molecule has 0 aromatic heterocycles. The average molecular weight is 265 g/mol. The van der Waals surface area contributed by atoms with Crippen LogP contribution in [0.5, 0.6) is 0 Å². The van der Waals surface area contributed by atoms with Crippen molar-refractivity contribution in [3.63, 3.8) is 0 Å². The summed E-state index contributed by atoms with van der Waals surface area (Å²) >= 11 is 0. The number of β-amino-alcohol motifs (C(OH)–C–C–N with tert-alkyl or cyclic N) is 1. The van der Waals surface area contributed by atoms with Crippen LogP contribution in [0.2, 0.25) is 0 Å². The first-order valence-electron chi connectivity index (χ1n) is 6.24. The van der Waals surface area contributed by atoms with Crippen molar-refractivity contribution in [2.75, 3.05) is 6.54 Å². The first-order chi connectivity index (χ1) is 8.99. The molecule has 0 spiro atoms. The summed E-state index contributed by atoms with van der Waals surface area (Å²) in [5.74, 6) is -1.12. The topological polar surface area (TPSA) is 57.6 Å². The number of rotatable bonds is 3. The zero-order chi connectivity index (χ0) is 14.0. The smallest absolute Gasteiger partial charge is 0.229 e. The van der Waals surface area contributed by atoms with Crippen molar-refractivity contribution in [2.45, 2.75) is 25.9 Å². The van der Waals surface area contributed by atoms with Crippen molar-refractivity contribution in [3.05, 3.63) is 35.6 Å². The van der Waals surface area contributed by atoms with Gasteiger partial charge in [-0.3, -0.25) is 14.5 Å². The van der Waals surface area contributed by atoms with Crippen LogP contribution in [-0.4, -0.2) is 28.4 Å². The highest BCUT2D eigenvalue weighted by molar-refractivity contribution is 5.97. The van der Waals surface area contributed by atoms with E-state index in [0.29, 0.717) is 0 Å². The number of likely N-dealkylation sites (tertiary alicyclic amines) is 1. The van der Waals surface area contributed by atoms with E-state index in [2.05, 4.69) is 0 Å². The quantitative estimate of drug-likeness (QED) is 0.845. The summed E-state index contributed by atoms with van der Waals surface area (Å²) in [6.07, 6.45) is -0.617. The van der Waals surface area contributed by atoms with E-state index in [-0.39, 0.29) is 42.7 Å². The second kappa shape index (κ2) is 5.48. The molecule has 0 radical (unpaired) electrons. The number of hydrogen-bond acceptors (Lipinski definition) is 3. The zero-order valence-electron chi connectivity index (χ0n) is 10.7. The number of benzene rings is 1. The van der Waals surface area contributed by atoms with Gasteiger partial charge in [-0.1, -0.05) is 25.1 Å². The molecule has 0 bridgehead atoms. The second-order valence-corrected chi connectivity index (χ2v) is 4.95. The monoisotopic (exact) mass is 265 g/mol. The van der Waals surface area contributed by atoms with Gasteiger partial charge in [-0.15, -0.1) is 0 Å². The molecule has 0 saturated carbocycles. The van der Waals surface area contributed by atoms with E-state index in [1.165, 1.54) is 18.2 Å². The minimum absolute atomic E-state index is 0.0295. The lowest BCUT2D eigenvalue weighted by Gasteiger charge is -2.30. The fraction of sp³-hybridized carbons (Fsp3) is 0.429. The van der Waals surface area contributed by atoms with Crippen LogP contribution < -0.4 is 0 Å². The molecular weight excluding hydrogens is 249 g/mol. The Morgan fingerprint density at radius 2 is 1.89 bits per heavy atom. The highest BCUT2D eigenvalue weighted by Gasteiger charge is 2.32. The maximum Gasteiger partial charge on any atom is 0.229 e. The molecule has 1 atom stereocenters. The van der Waals surface area contributed by atoms with Gasteiger partial charge in [0.15, 0.2) is 0 Å². The van der Waals surface area contributed by atoms with Crippen molar-refractivity contribution in [1.82, 2.24) is 4.90 Å². The van der Waals surface area contributed by atoms with Gasteiger partial charge in [-0.05, 0) is 12.0 Å². The Morgan fingerprint density at radius 1 is 1.32 bits per heavy atom. The molecule has 1 N–H and O–H groups in total. The number of aliphatic hydroxyl groups excluding tert-OH is 1. The number of halogens is 1. The molecule has 1 aromatic carbocycles. The molecule has 102 valence electrons. The molecule has 2 amide bonds. The fourth-order valence-corrected chi connectivity index (χ4v) is 2.25. The van der Waals surface area contributed by atoms with Crippen LogP contribution in [0.4, 0.5) is 4.39 Å². The summed E-state index contributed by atoms with van der Waals surface area (Å²) in [6, 6.07) is 5.80. The summed E-state index contributed by atoms with van der Waals surface area (Å²) in [5.41, 5.74) is 0.0988. The van der Waals surface area contributed by atoms with Gasteiger partial charge < -0.3 is 5.11 Å². The standard InChI is InChI=1S/C14H16FNO3/c1-9-6-13(18)16(14(19)7-9)8-12(17)10-4-2-3-5-11(10)15/h2-5,9,12,17H,6-8H2,1H3. The Labute approximate surface area is 110 Å². The Bertz CT molecular complexity index is 485. The molecule has 1 aliphatic rings. The largest absolute Gasteiger partial charge is 0.386 e. The minimum atomic E-state index is -1.19. The normalized spacial score (nSPS) is 18.8. The van der Waals surface area contributed by atoms with Gasteiger partial charge in [0.25, 0.3) is 0 Å². The van der Waals surface area contributed by atoms with E-state index >= 15 is 0 Å². The summed E-state index contributed by atoms with van der Waals surface area (Å²) in [6.45, 7) is 1.64. The average Bonchev–Trinajstić information content (AvgIpc) is 2.34. The Morgan fingerprint density at radius 3 is 2.47 bits per heavy atom. The van der Waals surface area contributed by atoms with Gasteiger partial charge in [0.1, 0.15) is 5.82 Å². The van der Waals surface area contributed by atoms with Gasteiger partial charge >= 0.3 is 0 Å². The number of piperidine rings is 1. The molecule has 1 aromatic rings. The lowest BCUT2D eigenvalue weighted by atomic mass is 9.97. The van der Waals surface area contributed by atoms with E-state index in [0.717, 1.165) is 4.90 Å². The molecule has 1 unspecified atom stereocenters. The molecule has 0 aliphatic carbocycles. The molecule has 19 heavy (non-hydrogen) atoms. The summed E-state index contributed by atoms with van der Waals surface area (Å²) in [5, 5.41) is 9.97. The van der Waals surface area contributed by atoms with Crippen LogP contribution in [0.25, 0.3) is 0 Å². The predicted molar refractivity (Wildman–Crippen MR) is 66.5 cm³/mol. The second-order valence-electron chi connectivity index (χ2n) is 4.95. The van der Waals surface area contributed by atoms with Gasteiger partial charge in [-0.25, -0.2) is 4.39 Å². The summed E-state index contributed by atoms with van der Waals surface area (Å²) in [4.78, 5) is 24.6. The summed E-state index contributed by atoms with van der Waals surface area (Å²) in [7, 11) is 0. The third-order valence-corrected chi connectivity index (χ3v) is 3.27. The molecule has 1 aliphatic heterocycles. The number of amides is 2. The van der Waals surface area contributed by atoms with E-state index in [1.807, 2.05) is 6.92 Å². The predicted octanol–water partition coefficient (Wildman–Crippen LogP) is 1.64. The maximum absolute atomic E-state index is 13.5. The number of imide groups is 1. The lowest BCUT2D eigenvalue weighted by molar-refractivity contribution is -0.151. The van der Waals surface area contributed by atoms with Gasteiger partial charge in [0.05, 0.1) is 12.6 Å². The third-order valence-electron chi connectivity index (χ3n) is 3.27. The van der Waals surface area contributed by atoms with Gasteiger partial charge in [0, 0.05) is 18.4 Å². The van der Waals surface area contributed by atoms with E-state index in [1.54, 1.807) is 6.07 Å². The molecular formula is C14H16FNO3. The molecule has 4 nitrogen and oxygen atoms in total. The first-order valence-corrected chi connectivity index (χ1v) is 6.24. The van der Waals surface area contributed by atoms with Crippen LogP contribution in [0.3, 0.4) is 0 Å². The van der Waals surface area contributed by atoms with Crippen LogP contribution in [0.15, 0.2) is 24.3 Å². The van der Waals surface area contributed by atoms with E-state index in [4.69, 9.17) is 0 Å². The number of carbonyl (C=O) groups is 2. The van der Waals surface area contributed by atoms with Crippen LogP contribution in [0.1, 0.15) is 31.4 Å². The van der Waals surface area contributed by atoms with Gasteiger partial charge in [-0.2, -0.15) is 0 Å². The van der Waals surface area contributed by atoms with Crippen molar-refractivity contribution >= 4 is 11.8 Å².